The van der Waals surface area contributed by atoms with Gasteiger partial charge in [-0.1, -0.05) is 27.7 Å². The zero-order valence-electron chi connectivity index (χ0n) is 55.6. The Bertz CT molecular complexity index is 2370. The van der Waals surface area contributed by atoms with Gasteiger partial charge in [-0.15, -0.1) is 0 Å². The number of aliphatic hydroxyl groups is 17. The van der Waals surface area contributed by atoms with Crippen LogP contribution in [0, 0.1) is 41.4 Å². The largest absolute Gasteiger partial charge is 0.477 e. The van der Waals surface area contributed by atoms with Gasteiger partial charge in [0.2, 0.25) is 5.91 Å². The number of aliphatic carboxylic acids is 4. The highest BCUT2D eigenvalue weighted by Gasteiger charge is 2.58. The van der Waals surface area contributed by atoms with Gasteiger partial charge in [0.25, 0.3) is 23.1 Å². The first-order chi connectivity index (χ1) is 45.3. The van der Waals surface area contributed by atoms with E-state index >= 15 is 0 Å². The molecule has 4 heterocycles. The zero-order valence-corrected chi connectivity index (χ0v) is 58.9. The van der Waals surface area contributed by atoms with Crippen LogP contribution in [0.2, 0.25) is 0 Å². The fourth-order valence-corrected chi connectivity index (χ4v) is 13.7. The van der Waals surface area contributed by atoms with E-state index in [1.807, 2.05) is 25.0 Å². The second-order valence-electron chi connectivity index (χ2n) is 24.9. The zero-order chi connectivity index (χ0) is 75.9. The minimum Gasteiger partial charge on any atom is -0.477 e. The quantitative estimate of drug-likeness (QED) is 0.0285. The van der Waals surface area contributed by atoms with E-state index < -0.39 is 208 Å². The van der Waals surface area contributed by atoms with Crippen LogP contribution in [0.4, 0.5) is 0 Å². The van der Waals surface area contributed by atoms with Crippen molar-refractivity contribution in [1.29, 1.82) is 0 Å². The summed E-state index contributed by atoms with van der Waals surface area (Å²) in [6.07, 6.45) is -18.1. The minimum atomic E-state index is -2.76. The van der Waals surface area contributed by atoms with Crippen molar-refractivity contribution in [3.63, 3.8) is 0 Å². The number of ketones is 4. The van der Waals surface area contributed by atoms with E-state index in [0.29, 0.717) is 23.0 Å². The van der Waals surface area contributed by atoms with Gasteiger partial charge in [0.15, 0.2) is 0 Å². The lowest BCUT2D eigenvalue weighted by Gasteiger charge is -2.44. The summed E-state index contributed by atoms with van der Waals surface area (Å²) >= 11 is 5.89. The van der Waals surface area contributed by atoms with E-state index in [1.165, 1.54) is 54.0 Å². The predicted octanol–water partition coefficient (Wildman–Crippen LogP) is -6.03. The summed E-state index contributed by atoms with van der Waals surface area (Å²) in [5.74, 6) is -21.3. The molecule has 0 bridgehead atoms. The second-order valence-corrected chi connectivity index (χ2v) is 28.5. The lowest BCUT2D eigenvalue weighted by atomic mass is 9.79. The molecule has 0 radical (unpaired) electrons. The summed E-state index contributed by atoms with van der Waals surface area (Å²) < 4.78 is 20.4. The molecule has 0 aromatic heterocycles. The smallest absolute Gasteiger partial charge is 0.364 e. The molecule has 22 N–H and O–H groups in total. The van der Waals surface area contributed by atoms with E-state index in [9.17, 15) is 115 Å². The Labute approximate surface area is 582 Å². The molecule has 0 aromatic rings. The van der Waals surface area contributed by atoms with Crippen molar-refractivity contribution in [2.45, 2.75) is 201 Å². The number of thioether (sulfide) groups is 4. The summed E-state index contributed by atoms with van der Waals surface area (Å²) in [5, 5.41) is 206. The SMILES string of the molecule is CSCC(C)C(=O)CC1C(O)CC(O)(C(=O)O)OC1C(O)C(O)CO.CSCC(C)C(=O)CC1C(O)CC(O)(C(=O)O)OC1C(O)C(O)CO.CSCC(C)C(=O)CC1C(O)CC(O)(C(=O)O)OC1C(O)C(O)CO.CSCC(C)C(=O)CC1OC(O)(C(=O)O)CC(O)C1NC(C)=O. The minimum absolute atomic E-state index is 0.193. The number of carbonyl (C=O) groups is 9. The van der Waals surface area contributed by atoms with Gasteiger partial charge in [-0.2, -0.15) is 47.0 Å². The van der Waals surface area contributed by atoms with E-state index in [4.69, 9.17) is 54.7 Å². The molecule has 4 aliphatic rings. The first kappa shape index (κ1) is 92.6. The van der Waals surface area contributed by atoms with Gasteiger partial charge in [-0.05, 0) is 25.0 Å². The van der Waals surface area contributed by atoms with Crippen molar-refractivity contribution in [3.05, 3.63) is 0 Å². The molecule has 0 saturated carbocycles. The van der Waals surface area contributed by atoms with Crippen molar-refractivity contribution in [1.82, 2.24) is 5.32 Å². The third-order valence-electron chi connectivity index (χ3n) is 16.9. The molecule has 570 valence electrons. The monoisotopic (exact) mass is 1500 g/mol. The average Bonchev–Trinajstić information content (AvgIpc) is 0.800. The lowest BCUT2D eigenvalue weighted by molar-refractivity contribution is -0.304. The van der Waals surface area contributed by atoms with E-state index in [1.54, 1.807) is 27.7 Å². The van der Waals surface area contributed by atoms with Gasteiger partial charge in [0.05, 0.1) is 74.7 Å². The molecule has 4 aliphatic heterocycles. The van der Waals surface area contributed by atoms with Gasteiger partial charge in [0, 0.05) is 123 Å². The summed E-state index contributed by atoms with van der Waals surface area (Å²) in [7, 11) is 0. The summed E-state index contributed by atoms with van der Waals surface area (Å²) in [5.41, 5.74) is 0. The fourth-order valence-electron chi connectivity index (χ4n) is 11.0. The van der Waals surface area contributed by atoms with Crippen molar-refractivity contribution in [2.24, 2.45) is 41.4 Å². The van der Waals surface area contributed by atoms with Crippen molar-refractivity contribution < 1.29 is 169 Å². The molecule has 1 amide bonds. The summed E-state index contributed by atoms with van der Waals surface area (Å²) in [4.78, 5) is 105. The van der Waals surface area contributed by atoms with Crippen LogP contribution in [0.5, 0.6) is 0 Å². The van der Waals surface area contributed by atoms with Crippen molar-refractivity contribution >= 4 is 100.0 Å². The van der Waals surface area contributed by atoms with Gasteiger partial charge < -0.3 is 132 Å². The normalized spacial score (nSPS) is 33.2. The molecule has 4 fully saturated rings. The number of carboxylic acid groups (broad SMARTS) is 4. The topological polar surface area (TPSA) is 627 Å². The number of aliphatic hydroxyl groups excluding tert-OH is 13. The fraction of sp³-hybridized carbons (Fsp3) is 0.847. The van der Waals surface area contributed by atoms with Gasteiger partial charge in [-0.25, -0.2) is 19.2 Å². The Morgan fingerprint density at radius 3 is 0.847 bits per heavy atom. The van der Waals surface area contributed by atoms with Crippen LogP contribution in [0.1, 0.15) is 86.0 Å². The summed E-state index contributed by atoms with van der Waals surface area (Å²) in [6.45, 7) is 5.56. The highest BCUT2D eigenvalue weighted by atomic mass is 32.2. The van der Waals surface area contributed by atoms with Crippen LogP contribution < -0.4 is 5.32 Å². The van der Waals surface area contributed by atoms with Crippen LogP contribution >= 0.6 is 47.0 Å². The Kier molecular flexibility index (Phi) is 40.0. The van der Waals surface area contributed by atoms with Crippen LogP contribution in [-0.4, -0.2) is 343 Å². The number of amides is 1. The number of carboxylic acids is 4. The van der Waals surface area contributed by atoms with Crippen LogP contribution in [0.3, 0.4) is 0 Å². The molecule has 4 rings (SSSR count). The lowest BCUT2D eigenvalue weighted by Crippen LogP contribution is -2.63. The maximum atomic E-state index is 12.3. The first-order valence-electron chi connectivity index (χ1n) is 30.8. The molecule has 4 saturated heterocycles. The Morgan fingerprint density at radius 1 is 0.408 bits per heavy atom. The summed E-state index contributed by atoms with van der Waals surface area (Å²) in [6, 6.07) is -0.961. The number of Topliss-reactive ketones (excluding diaryl/α,β-unsaturated/α-hetero) is 4. The molecule has 26 unspecified atom stereocenters. The predicted molar refractivity (Wildman–Crippen MR) is 346 cm³/mol. The molecule has 0 spiro atoms. The van der Waals surface area contributed by atoms with Gasteiger partial charge in [-0.3, -0.25) is 24.0 Å². The maximum absolute atomic E-state index is 12.3. The number of ether oxygens (including phenoxy) is 4. The number of nitrogens with one attached hydrogen (secondary N) is 1. The molecule has 26 atom stereocenters. The van der Waals surface area contributed by atoms with Gasteiger partial charge in [0.1, 0.15) is 59.8 Å². The maximum Gasteiger partial charge on any atom is 0.364 e. The van der Waals surface area contributed by atoms with E-state index in [-0.39, 0.29) is 72.5 Å². The van der Waals surface area contributed by atoms with Gasteiger partial charge >= 0.3 is 23.9 Å². The van der Waals surface area contributed by atoms with E-state index in [2.05, 4.69) is 5.32 Å². The standard InChI is InChI=1S/3C15H26O9S.C14H23NO7S/c3*1-7(6-25-2)9(17)3-8-10(18)4-15(23,14(21)22)24-13(8)12(20)11(19)5-16;1-7(6-23-3)9(17)4-11-12(15-8(2)16)10(18)5-14(21,22-11)13(19)20/h3*7-8,10-13,16,18-20,23H,3-6H2,1-2H3,(H,21,22);7,10-12,18,21H,4-6H2,1-3H3,(H,15,16)(H,19,20). The van der Waals surface area contributed by atoms with E-state index in [0.717, 1.165) is 0 Å². The third-order valence-corrected chi connectivity index (χ3v) is 20.2. The number of rotatable bonds is 34. The van der Waals surface area contributed by atoms with Crippen LogP contribution in [0.15, 0.2) is 0 Å². The van der Waals surface area contributed by atoms with Crippen LogP contribution in [-0.2, 0) is 62.1 Å². The molecule has 35 nitrogen and oxygen atoms in total. The molecule has 39 heteroatoms. The average molecular weight is 1500 g/mol. The molecular weight excluding hydrogens is 1390 g/mol. The highest BCUT2D eigenvalue weighted by molar-refractivity contribution is 7.99. The first-order valence-corrected chi connectivity index (χ1v) is 36.4. The van der Waals surface area contributed by atoms with Crippen molar-refractivity contribution in [2.75, 3.05) is 67.9 Å². The second kappa shape index (κ2) is 42.4. The molecule has 0 aliphatic carbocycles. The Balaban J connectivity index is 0.000000654. The Morgan fingerprint density at radius 2 is 0.633 bits per heavy atom. The third kappa shape index (κ3) is 26.7. The number of hydrogen-bond donors (Lipinski definition) is 22. The molecule has 0 aromatic carbocycles. The van der Waals surface area contributed by atoms with Crippen LogP contribution in [0.25, 0.3) is 0 Å². The Hall–Kier alpha value is -3.41. The highest BCUT2D eigenvalue weighted by Crippen LogP contribution is 2.40. The van der Waals surface area contributed by atoms with Crippen molar-refractivity contribution in [3.8, 4) is 0 Å². The number of hydrogen-bond acceptors (Lipinski definition) is 34. The number of carbonyl (C=O) groups excluding carboxylic acids is 5. The molecular formula is C59H101NO34S4. The molecule has 98 heavy (non-hydrogen) atoms.